The number of nitrogens with two attached hydrogens (primary N) is 1. The minimum atomic E-state index is -3.62. The number of rotatable bonds is 5. The molecule has 1 aromatic heterocycles. The number of fused-ring (bicyclic) bond motifs is 1. The smallest absolute Gasteiger partial charge is 0.336 e. The highest BCUT2D eigenvalue weighted by Crippen LogP contribution is 2.17. The van der Waals surface area contributed by atoms with Crippen molar-refractivity contribution in [3.05, 3.63) is 40.8 Å². The quantitative estimate of drug-likeness (QED) is 0.795. The number of nitrogens with one attached hydrogen (secondary N) is 1. The molecule has 0 saturated heterocycles. The summed E-state index contributed by atoms with van der Waals surface area (Å²) in [5.74, 6) is 0. The van der Waals surface area contributed by atoms with Crippen molar-refractivity contribution in [3.63, 3.8) is 0 Å². The fourth-order valence-electron chi connectivity index (χ4n) is 1.66. The summed E-state index contributed by atoms with van der Waals surface area (Å²) in [5, 5.41) is 0.548. The predicted molar refractivity (Wildman–Crippen MR) is 75.9 cm³/mol. The van der Waals surface area contributed by atoms with Crippen molar-refractivity contribution >= 4 is 21.0 Å². The lowest BCUT2D eigenvalue weighted by Crippen LogP contribution is -2.36. The van der Waals surface area contributed by atoms with Crippen LogP contribution in [0.15, 0.2) is 44.4 Å². The fraction of sp³-hybridized carbons (Fsp3) is 0.308. The molecule has 6 nitrogen and oxygen atoms in total. The summed E-state index contributed by atoms with van der Waals surface area (Å²) in [7, 11) is -3.62. The van der Waals surface area contributed by atoms with E-state index in [2.05, 4.69) is 4.72 Å². The normalized spacial score (nSPS) is 13.5. The van der Waals surface area contributed by atoms with E-state index in [1.807, 2.05) is 6.92 Å². The zero-order valence-electron chi connectivity index (χ0n) is 11.0. The number of hydrogen-bond acceptors (Lipinski definition) is 5. The maximum atomic E-state index is 12.1. The number of sulfonamides is 1. The van der Waals surface area contributed by atoms with Crippen LogP contribution in [0.2, 0.25) is 0 Å². The molecule has 3 N–H and O–H groups in total. The lowest BCUT2D eigenvalue weighted by atomic mass is 10.2. The molecule has 0 spiro atoms. The van der Waals surface area contributed by atoms with Crippen molar-refractivity contribution in [2.45, 2.75) is 24.3 Å². The Balaban J connectivity index is 2.32. The summed E-state index contributed by atoms with van der Waals surface area (Å²) >= 11 is 0. The maximum absolute atomic E-state index is 12.1. The first-order chi connectivity index (χ1) is 9.42. The molecule has 108 valence electrons. The SMILES string of the molecule is CCC(N)CNS(=O)(=O)c1ccc2oc(=O)ccc2c1. The third-order valence-electron chi connectivity index (χ3n) is 2.96. The summed E-state index contributed by atoms with van der Waals surface area (Å²) in [6, 6.07) is 6.87. The summed E-state index contributed by atoms with van der Waals surface area (Å²) in [6.07, 6.45) is 0.686. The minimum absolute atomic E-state index is 0.113. The van der Waals surface area contributed by atoms with E-state index in [9.17, 15) is 13.2 Å². The van der Waals surface area contributed by atoms with Gasteiger partial charge in [0.05, 0.1) is 4.90 Å². The molecule has 0 aliphatic heterocycles. The second-order valence-electron chi connectivity index (χ2n) is 4.47. The van der Waals surface area contributed by atoms with Crippen LogP contribution in [-0.4, -0.2) is 21.0 Å². The Labute approximate surface area is 116 Å². The van der Waals surface area contributed by atoms with Gasteiger partial charge < -0.3 is 10.2 Å². The highest BCUT2D eigenvalue weighted by Gasteiger charge is 2.15. The first-order valence-electron chi connectivity index (χ1n) is 6.21. The van der Waals surface area contributed by atoms with Crippen LogP contribution >= 0.6 is 0 Å². The summed E-state index contributed by atoms with van der Waals surface area (Å²) in [5.41, 5.74) is 5.57. The van der Waals surface area contributed by atoms with Crippen molar-refractivity contribution < 1.29 is 12.8 Å². The molecule has 0 fully saturated rings. The first kappa shape index (κ1) is 14.7. The van der Waals surface area contributed by atoms with Crippen LogP contribution < -0.4 is 16.1 Å². The van der Waals surface area contributed by atoms with Crippen LogP contribution in [0.25, 0.3) is 11.0 Å². The van der Waals surface area contributed by atoms with Crippen molar-refractivity contribution in [1.82, 2.24) is 4.72 Å². The van der Waals surface area contributed by atoms with Crippen LogP contribution in [0.4, 0.5) is 0 Å². The van der Waals surface area contributed by atoms with Crippen LogP contribution in [-0.2, 0) is 10.0 Å². The van der Waals surface area contributed by atoms with Crippen molar-refractivity contribution in [2.75, 3.05) is 6.54 Å². The van der Waals surface area contributed by atoms with Crippen molar-refractivity contribution in [2.24, 2.45) is 5.73 Å². The van der Waals surface area contributed by atoms with Crippen LogP contribution in [0, 0.1) is 0 Å². The van der Waals surface area contributed by atoms with Gasteiger partial charge in [0.15, 0.2) is 0 Å². The highest BCUT2D eigenvalue weighted by molar-refractivity contribution is 7.89. The Bertz CT molecular complexity index is 767. The van der Waals surface area contributed by atoms with Crippen molar-refractivity contribution in [1.29, 1.82) is 0 Å². The second kappa shape index (κ2) is 5.74. The van der Waals surface area contributed by atoms with Crippen LogP contribution in [0.3, 0.4) is 0 Å². The number of hydrogen-bond donors (Lipinski definition) is 2. The molecule has 1 unspecified atom stereocenters. The molecule has 20 heavy (non-hydrogen) atoms. The third kappa shape index (κ3) is 3.24. The average Bonchev–Trinajstić information content (AvgIpc) is 2.44. The van der Waals surface area contributed by atoms with E-state index < -0.39 is 15.6 Å². The van der Waals surface area contributed by atoms with Gasteiger partial charge in [-0.2, -0.15) is 0 Å². The predicted octanol–water partition coefficient (Wildman–Crippen LogP) is 0.809. The van der Waals surface area contributed by atoms with Gasteiger partial charge in [-0.05, 0) is 30.7 Å². The van der Waals surface area contributed by atoms with E-state index in [0.29, 0.717) is 17.4 Å². The molecule has 1 heterocycles. The van der Waals surface area contributed by atoms with Gasteiger partial charge in [-0.1, -0.05) is 6.92 Å². The van der Waals surface area contributed by atoms with Gasteiger partial charge in [-0.15, -0.1) is 0 Å². The van der Waals surface area contributed by atoms with Gasteiger partial charge in [-0.25, -0.2) is 17.9 Å². The Morgan fingerprint density at radius 3 is 2.75 bits per heavy atom. The molecule has 0 aliphatic rings. The van der Waals surface area contributed by atoms with E-state index in [1.165, 1.54) is 30.3 Å². The third-order valence-corrected chi connectivity index (χ3v) is 4.38. The topological polar surface area (TPSA) is 102 Å². The summed E-state index contributed by atoms with van der Waals surface area (Å²) in [4.78, 5) is 11.2. The average molecular weight is 296 g/mol. The van der Waals surface area contributed by atoms with E-state index in [4.69, 9.17) is 10.2 Å². The summed E-state index contributed by atoms with van der Waals surface area (Å²) < 4.78 is 31.6. The molecule has 1 aromatic carbocycles. The molecule has 0 bridgehead atoms. The summed E-state index contributed by atoms with van der Waals surface area (Å²) in [6.45, 7) is 2.07. The molecular weight excluding hydrogens is 280 g/mol. The van der Waals surface area contributed by atoms with E-state index in [-0.39, 0.29) is 17.5 Å². The Morgan fingerprint density at radius 1 is 1.30 bits per heavy atom. The van der Waals surface area contributed by atoms with Gasteiger partial charge in [0.1, 0.15) is 5.58 Å². The largest absolute Gasteiger partial charge is 0.423 e. The molecule has 1 atom stereocenters. The lowest BCUT2D eigenvalue weighted by molar-refractivity contribution is 0.559. The standard InChI is InChI=1S/C13H16N2O4S/c1-2-10(14)8-15-20(17,18)11-4-5-12-9(7-11)3-6-13(16)19-12/h3-7,10,15H,2,8,14H2,1H3. The van der Waals surface area contributed by atoms with E-state index in [1.54, 1.807) is 0 Å². The van der Waals surface area contributed by atoms with E-state index >= 15 is 0 Å². The van der Waals surface area contributed by atoms with Crippen LogP contribution in [0.5, 0.6) is 0 Å². The fourth-order valence-corrected chi connectivity index (χ4v) is 2.79. The number of benzene rings is 1. The van der Waals surface area contributed by atoms with Gasteiger partial charge in [0.25, 0.3) is 0 Å². The molecule has 0 radical (unpaired) electrons. The van der Waals surface area contributed by atoms with Gasteiger partial charge in [0, 0.05) is 24.0 Å². The molecule has 0 aliphatic carbocycles. The first-order valence-corrected chi connectivity index (χ1v) is 7.70. The molecule has 2 aromatic rings. The molecule has 7 heteroatoms. The molecule has 2 rings (SSSR count). The zero-order valence-corrected chi connectivity index (χ0v) is 11.8. The molecule has 0 saturated carbocycles. The van der Waals surface area contributed by atoms with Crippen LogP contribution in [0.1, 0.15) is 13.3 Å². The second-order valence-corrected chi connectivity index (χ2v) is 6.24. The Hall–Kier alpha value is -1.70. The minimum Gasteiger partial charge on any atom is -0.423 e. The van der Waals surface area contributed by atoms with Gasteiger partial charge in [-0.3, -0.25) is 0 Å². The van der Waals surface area contributed by atoms with Gasteiger partial charge >= 0.3 is 5.63 Å². The van der Waals surface area contributed by atoms with Gasteiger partial charge in [0.2, 0.25) is 10.0 Å². The lowest BCUT2D eigenvalue weighted by Gasteiger charge is -2.11. The van der Waals surface area contributed by atoms with E-state index in [0.717, 1.165) is 0 Å². The maximum Gasteiger partial charge on any atom is 0.336 e. The zero-order chi connectivity index (χ0) is 14.8. The van der Waals surface area contributed by atoms with Crippen molar-refractivity contribution in [3.8, 4) is 0 Å². The highest BCUT2D eigenvalue weighted by atomic mass is 32.2. The molecular formula is C13H16N2O4S. The monoisotopic (exact) mass is 296 g/mol. The Morgan fingerprint density at radius 2 is 2.05 bits per heavy atom. The molecule has 0 amide bonds. The Kier molecular flexibility index (Phi) is 4.22.